The van der Waals surface area contributed by atoms with Crippen molar-refractivity contribution in [2.24, 2.45) is 17.8 Å². The predicted molar refractivity (Wildman–Crippen MR) is 159 cm³/mol. The van der Waals surface area contributed by atoms with E-state index in [9.17, 15) is 22.7 Å². The van der Waals surface area contributed by atoms with Crippen LogP contribution in [-0.2, 0) is 19.0 Å². The molecule has 7 heteroatoms. The van der Waals surface area contributed by atoms with Gasteiger partial charge in [0.25, 0.3) is 0 Å². The summed E-state index contributed by atoms with van der Waals surface area (Å²) in [6.45, 7) is 0.242. The van der Waals surface area contributed by atoms with Gasteiger partial charge in [0.1, 0.15) is 5.82 Å². The fourth-order valence-corrected chi connectivity index (χ4v) is 6.82. The Morgan fingerprint density at radius 2 is 1.16 bits per heavy atom. The number of hydrogen-bond acceptors (Lipinski definition) is 2. The van der Waals surface area contributed by atoms with Crippen LogP contribution in [0.25, 0.3) is 39.2 Å². The van der Waals surface area contributed by atoms with Crippen LogP contribution in [0.3, 0.4) is 0 Å². The standard InChI is InChI=1S/C36H30F4N2O/c37-28-13-7-24(8-14-28)25-9-15-29(16-10-25)42-35(32-18-17-30-31(33(30)21-43)19-20-34(32)41-42)26-3-1-22(2-4-26)23-5-11-27(12-6-23)36(38,39)40/h1-16,30-31,33,43H,17-21H2/t30-,31+,33-/m1/s1. The summed E-state index contributed by atoms with van der Waals surface area (Å²) in [5, 5.41) is 14.9. The Morgan fingerprint density at radius 3 is 1.72 bits per heavy atom. The lowest BCUT2D eigenvalue weighted by Crippen LogP contribution is -2.04. The van der Waals surface area contributed by atoms with Crippen molar-refractivity contribution < 1.29 is 22.7 Å². The van der Waals surface area contributed by atoms with Crippen LogP contribution in [0, 0.1) is 23.6 Å². The molecule has 1 aromatic heterocycles. The highest BCUT2D eigenvalue weighted by Crippen LogP contribution is 2.53. The third kappa shape index (κ3) is 5.27. The van der Waals surface area contributed by atoms with Crippen LogP contribution in [-0.4, -0.2) is 21.5 Å². The quantitative estimate of drug-likeness (QED) is 0.211. The summed E-state index contributed by atoms with van der Waals surface area (Å²) in [6.07, 6.45) is -0.627. The van der Waals surface area contributed by atoms with Crippen LogP contribution in [0.1, 0.15) is 29.7 Å². The highest BCUT2D eigenvalue weighted by Gasteiger charge is 2.49. The number of rotatable bonds is 5. The van der Waals surface area contributed by atoms with Crippen molar-refractivity contribution in [1.82, 2.24) is 9.78 Å². The Balaban J connectivity index is 1.26. The first-order valence-electron chi connectivity index (χ1n) is 14.7. The SMILES string of the molecule is OC[C@H]1[C@H]2CCc3nn(-c4ccc(-c5ccc(F)cc5)cc4)c(-c4ccc(-c5ccc(C(F)(F)F)cc5)cc4)c3CC[C@@H]12. The molecule has 0 aliphatic heterocycles. The number of nitrogens with zero attached hydrogens (tertiary/aromatic N) is 2. The minimum absolute atomic E-state index is 0.242. The van der Waals surface area contributed by atoms with Crippen LogP contribution in [0.15, 0.2) is 97.1 Å². The molecule has 3 atom stereocenters. The fraction of sp³-hybridized carbons (Fsp3) is 0.250. The van der Waals surface area contributed by atoms with E-state index in [4.69, 9.17) is 5.10 Å². The van der Waals surface area contributed by atoms with Gasteiger partial charge in [-0.25, -0.2) is 9.07 Å². The molecule has 0 bridgehead atoms. The molecule has 218 valence electrons. The molecule has 4 aromatic carbocycles. The predicted octanol–water partition coefficient (Wildman–Crippen LogP) is 8.76. The average molecular weight is 583 g/mol. The zero-order valence-electron chi connectivity index (χ0n) is 23.4. The van der Waals surface area contributed by atoms with Gasteiger partial charge in [0.05, 0.1) is 22.6 Å². The topological polar surface area (TPSA) is 38.1 Å². The minimum Gasteiger partial charge on any atom is -0.396 e. The number of fused-ring (bicyclic) bond motifs is 2. The second-order valence-electron chi connectivity index (χ2n) is 11.6. The Bertz CT molecular complexity index is 1740. The van der Waals surface area contributed by atoms with Crippen molar-refractivity contribution in [3.8, 4) is 39.2 Å². The smallest absolute Gasteiger partial charge is 0.396 e. The monoisotopic (exact) mass is 582 g/mol. The van der Waals surface area contributed by atoms with Crippen LogP contribution in [0.2, 0.25) is 0 Å². The van der Waals surface area contributed by atoms with Crippen molar-refractivity contribution in [3.63, 3.8) is 0 Å². The summed E-state index contributed by atoms with van der Waals surface area (Å²) < 4.78 is 54.6. The first-order valence-corrected chi connectivity index (χ1v) is 14.7. The first kappa shape index (κ1) is 27.6. The summed E-state index contributed by atoms with van der Waals surface area (Å²) in [5.74, 6) is 1.23. The third-order valence-corrected chi connectivity index (χ3v) is 9.22. The molecule has 1 heterocycles. The van der Waals surface area contributed by atoms with Gasteiger partial charge in [-0.3, -0.25) is 0 Å². The summed E-state index contributed by atoms with van der Waals surface area (Å²) in [4.78, 5) is 0. The number of aliphatic hydroxyl groups is 1. The molecular weight excluding hydrogens is 552 g/mol. The number of aliphatic hydroxyl groups excluding tert-OH is 1. The van der Waals surface area contributed by atoms with Crippen molar-refractivity contribution in [2.75, 3.05) is 6.61 Å². The molecule has 2 aliphatic carbocycles. The van der Waals surface area contributed by atoms with Gasteiger partial charge in [0.2, 0.25) is 0 Å². The number of benzene rings is 4. The Hall–Kier alpha value is -4.23. The largest absolute Gasteiger partial charge is 0.416 e. The van der Waals surface area contributed by atoms with Gasteiger partial charge in [-0.1, -0.05) is 60.7 Å². The van der Waals surface area contributed by atoms with E-state index < -0.39 is 11.7 Å². The highest BCUT2D eigenvalue weighted by molar-refractivity contribution is 5.73. The van der Waals surface area contributed by atoms with Crippen molar-refractivity contribution in [1.29, 1.82) is 0 Å². The van der Waals surface area contributed by atoms with E-state index in [1.54, 1.807) is 12.1 Å². The summed E-state index contributed by atoms with van der Waals surface area (Å²) in [6, 6.07) is 27.7. The number of hydrogen-bond donors (Lipinski definition) is 1. The molecule has 43 heavy (non-hydrogen) atoms. The zero-order valence-corrected chi connectivity index (χ0v) is 23.4. The maximum Gasteiger partial charge on any atom is 0.416 e. The lowest BCUT2D eigenvalue weighted by molar-refractivity contribution is -0.137. The Labute approximate surface area is 247 Å². The fourth-order valence-electron chi connectivity index (χ4n) is 6.82. The Morgan fingerprint density at radius 1 is 0.674 bits per heavy atom. The molecule has 0 saturated heterocycles. The second-order valence-corrected chi connectivity index (χ2v) is 11.6. The molecule has 3 nitrogen and oxygen atoms in total. The average Bonchev–Trinajstić information content (AvgIpc) is 3.56. The van der Waals surface area contributed by atoms with E-state index in [-0.39, 0.29) is 12.4 Å². The molecule has 1 N–H and O–H groups in total. The molecule has 7 rings (SSSR count). The van der Waals surface area contributed by atoms with Gasteiger partial charge in [-0.2, -0.15) is 18.3 Å². The molecule has 5 aromatic rings. The molecule has 0 spiro atoms. The Kier molecular flexibility index (Phi) is 6.93. The second kappa shape index (κ2) is 10.8. The van der Waals surface area contributed by atoms with Crippen LogP contribution in [0.5, 0.6) is 0 Å². The van der Waals surface area contributed by atoms with Gasteiger partial charge in [-0.05, 0) is 102 Å². The van der Waals surface area contributed by atoms with E-state index >= 15 is 0 Å². The lowest BCUT2D eigenvalue weighted by atomic mass is 9.94. The number of aryl methyl sites for hydroxylation is 1. The van der Waals surface area contributed by atoms with E-state index in [0.717, 1.165) is 82.7 Å². The van der Waals surface area contributed by atoms with Gasteiger partial charge < -0.3 is 5.11 Å². The third-order valence-electron chi connectivity index (χ3n) is 9.22. The van der Waals surface area contributed by atoms with Crippen molar-refractivity contribution in [2.45, 2.75) is 31.9 Å². The van der Waals surface area contributed by atoms with Crippen molar-refractivity contribution >= 4 is 0 Å². The molecule has 0 radical (unpaired) electrons. The minimum atomic E-state index is -4.37. The molecule has 1 fully saturated rings. The van der Waals surface area contributed by atoms with Crippen molar-refractivity contribution in [3.05, 3.63) is 120 Å². The molecule has 0 unspecified atom stereocenters. The maximum absolute atomic E-state index is 13.4. The van der Waals surface area contributed by atoms with E-state index in [0.29, 0.717) is 17.8 Å². The number of aromatic nitrogens is 2. The molecule has 2 aliphatic rings. The normalized spacial score (nSPS) is 19.7. The van der Waals surface area contributed by atoms with Gasteiger partial charge in [-0.15, -0.1) is 0 Å². The lowest BCUT2D eigenvalue weighted by Gasteiger charge is -2.13. The molecular formula is C36H30F4N2O. The van der Waals surface area contributed by atoms with Gasteiger partial charge >= 0.3 is 6.18 Å². The van der Waals surface area contributed by atoms with Crippen LogP contribution >= 0.6 is 0 Å². The summed E-state index contributed by atoms with van der Waals surface area (Å²) in [7, 11) is 0. The maximum atomic E-state index is 13.4. The van der Waals surface area contributed by atoms with Crippen LogP contribution in [0.4, 0.5) is 17.6 Å². The number of halogens is 4. The van der Waals surface area contributed by atoms with E-state index in [1.165, 1.54) is 29.8 Å². The van der Waals surface area contributed by atoms with E-state index in [2.05, 4.69) is 0 Å². The molecule has 1 saturated carbocycles. The van der Waals surface area contributed by atoms with Gasteiger partial charge in [0, 0.05) is 17.7 Å². The van der Waals surface area contributed by atoms with E-state index in [1.807, 2.05) is 53.2 Å². The number of alkyl halides is 3. The van der Waals surface area contributed by atoms with Crippen LogP contribution < -0.4 is 0 Å². The zero-order chi connectivity index (χ0) is 29.7. The summed E-state index contributed by atoms with van der Waals surface area (Å²) in [5.41, 5.74) is 8.00. The highest BCUT2D eigenvalue weighted by atomic mass is 19.4. The summed E-state index contributed by atoms with van der Waals surface area (Å²) >= 11 is 0. The first-order chi connectivity index (χ1) is 20.8. The molecule has 0 amide bonds. The van der Waals surface area contributed by atoms with Gasteiger partial charge in [0.15, 0.2) is 0 Å².